The zero-order chi connectivity index (χ0) is 14.8. The SMILES string of the molecule is CC(C)c1ccc(C(=O)N/N=C\[C@H]2C[C@H]3C=C[C@@H]2C3)cc1. The molecule has 0 spiro atoms. The van der Waals surface area contributed by atoms with Crippen molar-refractivity contribution >= 4 is 12.1 Å². The van der Waals surface area contributed by atoms with E-state index in [0.29, 0.717) is 23.3 Å². The molecule has 3 nitrogen and oxygen atoms in total. The smallest absolute Gasteiger partial charge is 0.267 e. The van der Waals surface area contributed by atoms with Crippen LogP contribution in [0.15, 0.2) is 41.5 Å². The molecule has 110 valence electrons. The molecule has 1 saturated carbocycles. The fourth-order valence-electron chi connectivity index (χ4n) is 3.27. The van der Waals surface area contributed by atoms with E-state index in [4.69, 9.17) is 0 Å². The van der Waals surface area contributed by atoms with Crippen LogP contribution in [-0.2, 0) is 0 Å². The summed E-state index contributed by atoms with van der Waals surface area (Å²) in [6.07, 6.45) is 8.93. The van der Waals surface area contributed by atoms with Gasteiger partial charge >= 0.3 is 0 Å². The molecule has 3 heteroatoms. The molecule has 1 fully saturated rings. The van der Waals surface area contributed by atoms with E-state index in [1.165, 1.54) is 18.4 Å². The van der Waals surface area contributed by atoms with Gasteiger partial charge in [0.05, 0.1) is 0 Å². The highest BCUT2D eigenvalue weighted by Gasteiger charge is 2.34. The number of hydrazone groups is 1. The number of nitrogens with one attached hydrogen (secondary N) is 1. The summed E-state index contributed by atoms with van der Waals surface area (Å²) in [5.41, 5.74) is 4.54. The maximum Gasteiger partial charge on any atom is 0.271 e. The zero-order valence-electron chi connectivity index (χ0n) is 12.6. The zero-order valence-corrected chi connectivity index (χ0v) is 12.6. The molecule has 3 atom stereocenters. The van der Waals surface area contributed by atoms with E-state index in [-0.39, 0.29) is 5.91 Å². The minimum Gasteiger partial charge on any atom is -0.267 e. The third-order valence-electron chi connectivity index (χ3n) is 4.60. The summed E-state index contributed by atoms with van der Waals surface area (Å²) < 4.78 is 0. The van der Waals surface area contributed by atoms with Gasteiger partial charge in [-0.05, 0) is 48.3 Å². The second kappa shape index (κ2) is 5.84. The molecule has 1 aromatic rings. The Morgan fingerprint density at radius 2 is 2.00 bits per heavy atom. The second-order valence-electron chi connectivity index (χ2n) is 6.44. The van der Waals surface area contributed by atoms with Gasteiger partial charge in [-0.1, -0.05) is 38.1 Å². The summed E-state index contributed by atoms with van der Waals surface area (Å²) in [5, 5.41) is 4.15. The molecule has 0 radical (unpaired) electrons. The summed E-state index contributed by atoms with van der Waals surface area (Å²) in [7, 11) is 0. The molecule has 2 aliphatic rings. The Bertz CT molecular complexity index is 571. The van der Waals surface area contributed by atoms with E-state index in [1.807, 2.05) is 30.5 Å². The number of benzene rings is 1. The number of carbonyl (C=O) groups is 1. The van der Waals surface area contributed by atoms with Crippen molar-refractivity contribution in [3.63, 3.8) is 0 Å². The molecule has 0 saturated heterocycles. The molecule has 2 aliphatic carbocycles. The molecule has 0 heterocycles. The van der Waals surface area contributed by atoms with Gasteiger partial charge in [0.15, 0.2) is 0 Å². The Hall–Kier alpha value is -1.90. The molecule has 3 rings (SSSR count). The number of hydrogen-bond acceptors (Lipinski definition) is 2. The van der Waals surface area contributed by atoms with Gasteiger partial charge in [0.25, 0.3) is 5.91 Å². The number of carbonyl (C=O) groups excluding carboxylic acids is 1. The number of fused-ring (bicyclic) bond motifs is 2. The predicted octanol–water partition coefficient (Wildman–Crippen LogP) is 3.74. The molecule has 1 aromatic carbocycles. The lowest BCUT2D eigenvalue weighted by molar-refractivity contribution is 0.0955. The highest BCUT2D eigenvalue weighted by Crippen LogP contribution is 2.42. The standard InChI is InChI=1S/C18H22N2O/c1-12(2)14-5-7-15(8-6-14)18(21)20-19-11-17-10-13-3-4-16(17)9-13/h3-8,11-13,16-17H,9-10H2,1-2H3,(H,20,21)/b19-11-/t13-,16+,17+/m0/s1. The van der Waals surface area contributed by atoms with Crippen LogP contribution in [0.1, 0.15) is 48.5 Å². The lowest BCUT2D eigenvalue weighted by Gasteiger charge is -2.12. The lowest BCUT2D eigenvalue weighted by atomic mass is 9.95. The van der Waals surface area contributed by atoms with E-state index >= 15 is 0 Å². The molecule has 0 aromatic heterocycles. The van der Waals surface area contributed by atoms with Crippen molar-refractivity contribution in [2.75, 3.05) is 0 Å². The van der Waals surface area contributed by atoms with Crippen LogP contribution in [0.4, 0.5) is 0 Å². The van der Waals surface area contributed by atoms with Crippen LogP contribution in [-0.4, -0.2) is 12.1 Å². The number of allylic oxidation sites excluding steroid dienone is 2. The van der Waals surface area contributed by atoms with Crippen molar-refractivity contribution in [3.05, 3.63) is 47.5 Å². The van der Waals surface area contributed by atoms with E-state index in [0.717, 1.165) is 5.92 Å². The van der Waals surface area contributed by atoms with Crippen molar-refractivity contribution in [2.45, 2.75) is 32.6 Å². The van der Waals surface area contributed by atoms with Crippen LogP contribution < -0.4 is 5.43 Å². The minimum absolute atomic E-state index is 0.139. The van der Waals surface area contributed by atoms with Crippen molar-refractivity contribution in [2.24, 2.45) is 22.9 Å². The molecule has 0 unspecified atom stereocenters. The molecule has 2 bridgehead atoms. The summed E-state index contributed by atoms with van der Waals surface area (Å²) in [4.78, 5) is 12.0. The van der Waals surface area contributed by atoms with Crippen LogP contribution in [0.2, 0.25) is 0 Å². The minimum atomic E-state index is -0.139. The van der Waals surface area contributed by atoms with Gasteiger partial charge < -0.3 is 0 Å². The Labute approximate surface area is 126 Å². The quantitative estimate of drug-likeness (QED) is 0.510. The van der Waals surface area contributed by atoms with Crippen molar-refractivity contribution in [1.29, 1.82) is 0 Å². The van der Waals surface area contributed by atoms with Crippen LogP contribution in [0.25, 0.3) is 0 Å². The van der Waals surface area contributed by atoms with Crippen LogP contribution in [0, 0.1) is 17.8 Å². The normalized spacial score (nSPS) is 26.9. The number of nitrogens with zero attached hydrogens (tertiary/aromatic N) is 1. The first-order valence-electron chi connectivity index (χ1n) is 7.75. The largest absolute Gasteiger partial charge is 0.271 e. The average Bonchev–Trinajstić information content (AvgIpc) is 3.10. The summed E-state index contributed by atoms with van der Waals surface area (Å²) in [6, 6.07) is 7.73. The average molecular weight is 282 g/mol. The van der Waals surface area contributed by atoms with Gasteiger partial charge in [-0.15, -0.1) is 0 Å². The summed E-state index contributed by atoms with van der Waals surface area (Å²) in [6.45, 7) is 4.28. The maximum atomic E-state index is 12.0. The number of amides is 1. The van der Waals surface area contributed by atoms with Gasteiger partial charge in [-0.3, -0.25) is 4.79 Å². The Kier molecular flexibility index (Phi) is 3.91. The predicted molar refractivity (Wildman–Crippen MR) is 85.3 cm³/mol. The van der Waals surface area contributed by atoms with Crippen LogP contribution >= 0.6 is 0 Å². The highest BCUT2D eigenvalue weighted by atomic mass is 16.2. The van der Waals surface area contributed by atoms with E-state index < -0.39 is 0 Å². The van der Waals surface area contributed by atoms with E-state index in [1.54, 1.807) is 0 Å². The third-order valence-corrected chi connectivity index (χ3v) is 4.60. The van der Waals surface area contributed by atoms with Gasteiger partial charge in [-0.2, -0.15) is 5.10 Å². The monoisotopic (exact) mass is 282 g/mol. The van der Waals surface area contributed by atoms with Crippen molar-refractivity contribution < 1.29 is 4.79 Å². The molecular formula is C18H22N2O. The number of rotatable bonds is 4. The Morgan fingerprint density at radius 3 is 2.57 bits per heavy atom. The van der Waals surface area contributed by atoms with E-state index in [2.05, 4.69) is 36.5 Å². The van der Waals surface area contributed by atoms with Crippen LogP contribution in [0.5, 0.6) is 0 Å². The molecule has 1 N–H and O–H groups in total. The third kappa shape index (κ3) is 3.07. The van der Waals surface area contributed by atoms with Crippen molar-refractivity contribution in [1.82, 2.24) is 5.43 Å². The molecular weight excluding hydrogens is 260 g/mol. The second-order valence-corrected chi connectivity index (χ2v) is 6.44. The highest BCUT2D eigenvalue weighted by molar-refractivity contribution is 5.94. The Balaban J connectivity index is 1.55. The van der Waals surface area contributed by atoms with Crippen molar-refractivity contribution in [3.8, 4) is 0 Å². The Morgan fingerprint density at radius 1 is 1.24 bits per heavy atom. The fraction of sp³-hybridized carbons (Fsp3) is 0.444. The fourth-order valence-corrected chi connectivity index (χ4v) is 3.27. The molecule has 1 amide bonds. The van der Waals surface area contributed by atoms with Gasteiger partial charge in [0.2, 0.25) is 0 Å². The molecule has 0 aliphatic heterocycles. The van der Waals surface area contributed by atoms with Gasteiger partial charge in [0, 0.05) is 17.7 Å². The van der Waals surface area contributed by atoms with E-state index in [9.17, 15) is 4.79 Å². The van der Waals surface area contributed by atoms with Gasteiger partial charge in [-0.25, -0.2) is 5.43 Å². The maximum absolute atomic E-state index is 12.0. The first kappa shape index (κ1) is 14.1. The summed E-state index contributed by atoms with van der Waals surface area (Å²) >= 11 is 0. The summed E-state index contributed by atoms with van der Waals surface area (Å²) in [5.74, 6) is 2.18. The molecule has 21 heavy (non-hydrogen) atoms. The van der Waals surface area contributed by atoms with Gasteiger partial charge in [0.1, 0.15) is 0 Å². The first-order chi connectivity index (χ1) is 10.1. The van der Waals surface area contributed by atoms with Crippen LogP contribution in [0.3, 0.4) is 0 Å². The topological polar surface area (TPSA) is 41.5 Å². The number of hydrogen-bond donors (Lipinski definition) is 1. The lowest BCUT2D eigenvalue weighted by Crippen LogP contribution is -2.19. The first-order valence-corrected chi connectivity index (χ1v) is 7.75.